The molecule has 2 aromatic carbocycles. The summed E-state index contributed by atoms with van der Waals surface area (Å²) in [5, 5.41) is 3.03. The van der Waals surface area contributed by atoms with Crippen molar-refractivity contribution in [1.29, 1.82) is 0 Å². The van der Waals surface area contributed by atoms with E-state index in [4.69, 9.17) is 5.73 Å². The van der Waals surface area contributed by atoms with E-state index in [1.807, 2.05) is 32.9 Å². The Bertz CT molecular complexity index is 762. The van der Waals surface area contributed by atoms with E-state index in [1.54, 1.807) is 0 Å². The van der Waals surface area contributed by atoms with Gasteiger partial charge in [-0.05, 0) is 44.4 Å². The van der Waals surface area contributed by atoms with Crippen LogP contribution in [0.1, 0.15) is 47.7 Å². The number of hydrogen-bond donors (Lipinski definition) is 2. The quantitative estimate of drug-likeness (QED) is 0.889. The number of rotatable bonds is 2. The molecule has 1 atom stereocenters. The first-order valence-electron chi connectivity index (χ1n) is 7.59. The average Bonchev–Trinajstić information content (AvgIpc) is 2.69. The second-order valence-corrected chi connectivity index (χ2v) is 6.75. The molecule has 1 unspecified atom stereocenters. The summed E-state index contributed by atoms with van der Waals surface area (Å²) in [5.41, 5.74) is 12.3. The zero-order chi connectivity index (χ0) is 16.1. The number of nitrogens with one attached hydrogen (secondary N) is 1. The van der Waals surface area contributed by atoms with Gasteiger partial charge in [-0.2, -0.15) is 0 Å². The predicted molar refractivity (Wildman–Crippen MR) is 90.0 cm³/mol. The SMILES string of the molecule is Cc1cccc(C(N)c2cc(C)cc3c2NC(=O)C3(C)C)c1. The third-order valence-corrected chi connectivity index (χ3v) is 4.53. The zero-order valence-corrected chi connectivity index (χ0v) is 13.5. The summed E-state index contributed by atoms with van der Waals surface area (Å²) in [4.78, 5) is 12.3. The molecule has 114 valence electrons. The highest BCUT2D eigenvalue weighted by atomic mass is 16.2. The van der Waals surface area contributed by atoms with Crippen LogP contribution < -0.4 is 11.1 Å². The largest absolute Gasteiger partial charge is 0.325 e. The van der Waals surface area contributed by atoms with Gasteiger partial charge in [0.05, 0.1) is 17.1 Å². The predicted octanol–water partition coefficient (Wildman–Crippen LogP) is 3.58. The van der Waals surface area contributed by atoms with Gasteiger partial charge in [-0.15, -0.1) is 0 Å². The number of anilines is 1. The summed E-state index contributed by atoms with van der Waals surface area (Å²) in [6.45, 7) is 8.01. The van der Waals surface area contributed by atoms with Gasteiger partial charge >= 0.3 is 0 Å². The van der Waals surface area contributed by atoms with Crippen molar-refractivity contribution in [2.45, 2.75) is 39.2 Å². The normalized spacial score (nSPS) is 17.0. The molecule has 0 bridgehead atoms. The highest BCUT2D eigenvalue weighted by Crippen LogP contribution is 2.42. The van der Waals surface area contributed by atoms with Gasteiger partial charge in [-0.1, -0.05) is 47.5 Å². The van der Waals surface area contributed by atoms with Crippen molar-refractivity contribution in [2.24, 2.45) is 5.73 Å². The first-order valence-corrected chi connectivity index (χ1v) is 7.59. The van der Waals surface area contributed by atoms with Gasteiger partial charge in [0.25, 0.3) is 0 Å². The van der Waals surface area contributed by atoms with Gasteiger partial charge in [-0.3, -0.25) is 4.79 Å². The molecule has 1 heterocycles. The lowest BCUT2D eigenvalue weighted by Gasteiger charge is -2.20. The molecular weight excluding hydrogens is 272 g/mol. The lowest BCUT2D eigenvalue weighted by molar-refractivity contribution is -0.119. The van der Waals surface area contributed by atoms with Crippen LogP contribution in [-0.2, 0) is 10.2 Å². The lowest BCUT2D eigenvalue weighted by atomic mass is 9.83. The Labute approximate surface area is 131 Å². The summed E-state index contributed by atoms with van der Waals surface area (Å²) in [6.07, 6.45) is 0. The van der Waals surface area contributed by atoms with Crippen molar-refractivity contribution in [3.05, 3.63) is 64.2 Å². The molecule has 22 heavy (non-hydrogen) atoms. The molecule has 0 saturated heterocycles. The van der Waals surface area contributed by atoms with E-state index in [9.17, 15) is 4.79 Å². The van der Waals surface area contributed by atoms with E-state index in [0.29, 0.717) is 0 Å². The first kappa shape index (κ1) is 14.8. The molecule has 3 heteroatoms. The Morgan fingerprint density at radius 1 is 1.09 bits per heavy atom. The van der Waals surface area contributed by atoms with E-state index >= 15 is 0 Å². The Morgan fingerprint density at radius 2 is 1.82 bits per heavy atom. The van der Waals surface area contributed by atoms with Crippen molar-refractivity contribution in [2.75, 3.05) is 5.32 Å². The minimum atomic E-state index is -0.511. The van der Waals surface area contributed by atoms with E-state index in [1.165, 1.54) is 5.56 Å². The fourth-order valence-electron chi connectivity index (χ4n) is 3.13. The first-order chi connectivity index (χ1) is 10.3. The number of benzene rings is 2. The molecule has 0 radical (unpaired) electrons. The third-order valence-electron chi connectivity index (χ3n) is 4.53. The van der Waals surface area contributed by atoms with Gasteiger partial charge < -0.3 is 11.1 Å². The highest BCUT2D eigenvalue weighted by Gasteiger charge is 2.40. The fraction of sp³-hybridized carbons (Fsp3) is 0.316. The second-order valence-electron chi connectivity index (χ2n) is 6.75. The summed E-state index contributed by atoms with van der Waals surface area (Å²) in [7, 11) is 0. The van der Waals surface area contributed by atoms with E-state index in [-0.39, 0.29) is 11.9 Å². The number of fused-ring (bicyclic) bond motifs is 1. The van der Waals surface area contributed by atoms with E-state index in [2.05, 4.69) is 36.5 Å². The van der Waals surface area contributed by atoms with Crippen molar-refractivity contribution >= 4 is 11.6 Å². The van der Waals surface area contributed by atoms with Crippen LogP contribution in [-0.4, -0.2) is 5.91 Å². The van der Waals surface area contributed by atoms with E-state index in [0.717, 1.165) is 27.9 Å². The van der Waals surface area contributed by atoms with Crippen LogP contribution in [0.15, 0.2) is 36.4 Å². The minimum absolute atomic E-state index is 0.0331. The summed E-state index contributed by atoms with van der Waals surface area (Å²) in [6, 6.07) is 12.1. The van der Waals surface area contributed by atoms with Crippen LogP contribution in [0.25, 0.3) is 0 Å². The minimum Gasteiger partial charge on any atom is -0.325 e. The molecule has 0 aromatic heterocycles. The fourth-order valence-corrected chi connectivity index (χ4v) is 3.13. The zero-order valence-electron chi connectivity index (χ0n) is 13.5. The van der Waals surface area contributed by atoms with E-state index < -0.39 is 5.41 Å². The summed E-state index contributed by atoms with van der Waals surface area (Å²) >= 11 is 0. The molecule has 1 aliphatic heterocycles. The van der Waals surface area contributed by atoms with Crippen LogP contribution in [0.4, 0.5) is 5.69 Å². The number of aryl methyl sites for hydroxylation is 2. The van der Waals surface area contributed by atoms with Crippen LogP contribution in [0.5, 0.6) is 0 Å². The molecule has 0 saturated carbocycles. The third kappa shape index (κ3) is 2.22. The van der Waals surface area contributed by atoms with Gasteiger partial charge in [0, 0.05) is 0 Å². The van der Waals surface area contributed by atoms with Crippen molar-refractivity contribution in [3.63, 3.8) is 0 Å². The Morgan fingerprint density at radius 3 is 2.50 bits per heavy atom. The molecule has 3 rings (SSSR count). The van der Waals surface area contributed by atoms with Gasteiger partial charge in [0.1, 0.15) is 0 Å². The molecule has 2 aromatic rings. The molecule has 0 spiro atoms. The number of hydrogen-bond acceptors (Lipinski definition) is 2. The molecule has 3 nitrogen and oxygen atoms in total. The van der Waals surface area contributed by atoms with Gasteiger partial charge in [-0.25, -0.2) is 0 Å². The molecule has 3 N–H and O–H groups in total. The van der Waals surface area contributed by atoms with Crippen LogP contribution in [0.2, 0.25) is 0 Å². The number of amides is 1. The molecule has 1 amide bonds. The smallest absolute Gasteiger partial charge is 0.234 e. The number of carbonyl (C=O) groups excluding carboxylic acids is 1. The van der Waals surface area contributed by atoms with Crippen LogP contribution in [0, 0.1) is 13.8 Å². The van der Waals surface area contributed by atoms with Crippen molar-refractivity contribution in [3.8, 4) is 0 Å². The Hall–Kier alpha value is -2.13. The molecule has 1 aliphatic rings. The van der Waals surface area contributed by atoms with Crippen molar-refractivity contribution in [1.82, 2.24) is 0 Å². The topological polar surface area (TPSA) is 55.1 Å². The maximum Gasteiger partial charge on any atom is 0.234 e. The Kier molecular flexibility index (Phi) is 3.33. The van der Waals surface area contributed by atoms with Crippen molar-refractivity contribution < 1.29 is 4.79 Å². The molecule has 0 fully saturated rings. The average molecular weight is 294 g/mol. The highest BCUT2D eigenvalue weighted by molar-refractivity contribution is 6.06. The standard InChI is InChI=1S/C19H22N2O/c1-11-6-5-7-13(8-11)16(20)14-9-12(2)10-15-17(14)21-18(22)19(15,3)4/h5-10,16H,20H2,1-4H3,(H,21,22). The molecule has 0 aliphatic carbocycles. The van der Waals surface area contributed by atoms with Gasteiger partial charge in [0.2, 0.25) is 5.91 Å². The monoisotopic (exact) mass is 294 g/mol. The number of carbonyl (C=O) groups is 1. The maximum atomic E-state index is 12.3. The summed E-state index contributed by atoms with van der Waals surface area (Å²) < 4.78 is 0. The maximum absolute atomic E-state index is 12.3. The summed E-state index contributed by atoms with van der Waals surface area (Å²) in [5.74, 6) is 0.0331. The lowest BCUT2D eigenvalue weighted by Crippen LogP contribution is -2.26. The van der Waals surface area contributed by atoms with Crippen LogP contribution >= 0.6 is 0 Å². The number of nitrogens with two attached hydrogens (primary N) is 1. The van der Waals surface area contributed by atoms with Gasteiger partial charge in [0.15, 0.2) is 0 Å². The second kappa shape index (κ2) is 4.96. The molecular formula is C19H22N2O. The Balaban J connectivity index is 2.15. The van der Waals surface area contributed by atoms with Crippen LogP contribution in [0.3, 0.4) is 0 Å².